The number of ether oxygens (including phenoxy) is 1. The third-order valence-electron chi connectivity index (χ3n) is 3.09. The summed E-state index contributed by atoms with van der Waals surface area (Å²) in [4.78, 5) is 0. The summed E-state index contributed by atoms with van der Waals surface area (Å²) in [7, 11) is 1.59. The molecule has 1 rings (SSSR count). The molecule has 0 radical (unpaired) electrons. The first-order chi connectivity index (χ1) is 8.85. The first-order valence-electron chi connectivity index (χ1n) is 6.29. The number of hydrogen-bond acceptors (Lipinski definition) is 4. The van der Waals surface area contributed by atoms with E-state index in [4.69, 9.17) is 4.74 Å². The standard InChI is InChI=1S/C14H22FNO3/c1-10(12-5-4-11(15)8-13(12)17)16-9-14(2,18)6-7-19-3/h4-5,8,10,16-18H,6-7,9H2,1-3H3. The topological polar surface area (TPSA) is 61.7 Å². The van der Waals surface area contributed by atoms with Crippen molar-refractivity contribution >= 4 is 0 Å². The van der Waals surface area contributed by atoms with E-state index in [2.05, 4.69) is 5.32 Å². The number of phenols is 1. The van der Waals surface area contributed by atoms with Crippen LogP contribution in [0.3, 0.4) is 0 Å². The third kappa shape index (κ3) is 5.14. The fraction of sp³-hybridized carbons (Fsp3) is 0.571. The van der Waals surface area contributed by atoms with Gasteiger partial charge in [0, 0.05) is 44.4 Å². The van der Waals surface area contributed by atoms with Crippen molar-refractivity contribution in [1.29, 1.82) is 0 Å². The number of benzene rings is 1. The van der Waals surface area contributed by atoms with Crippen LogP contribution in [0.1, 0.15) is 31.9 Å². The average molecular weight is 271 g/mol. The number of phenolic OH excluding ortho intramolecular Hbond substituents is 1. The highest BCUT2D eigenvalue weighted by Gasteiger charge is 2.21. The van der Waals surface area contributed by atoms with Crippen LogP contribution in [0.2, 0.25) is 0 Å². The van der Waals surface area contributed by atoms with Gasteiger partial charge in [-0.2, -0.15) is 0 Å². The second-order valence-electron chi connectivity index (χ2n) is 5.05. The molecule has 2 atom stereocenters. The van der Waals surface area contributed by atoms with Gasteiger partial charge in [0.2, 0.25) is 0 Å². The molecule has 0 aromatic heterocycles. The lowest BCUT2D eigenvalue weighted by Gasteiger charge is -2.26. The van der Waals surface area contributed by atoms with Gasteiger partial charge in [0.1, 0.15) is 11.6 Å². The van der Waals surface area contributed by atoms with Crippen LogP contribution < -0.4 is 5.32 Å². The lowest BCUT2D eigenvalue weighted by Crippen LogP contribution is -2.39. The zero-order valence-corrected chi connectivity index (χ0v) is 11.6. The lowest BCUT2D eigenvalue weighted by atomic mass is 10.0. The summed E-state index contributed by atoms with van der Waals surface area (Å²) in [6.45, 7) is 4.40. The normalized spacial score (nSPS) is 16.1. The molecule has 0 aliphatic carbocycles. The summed E-state index contributed by atoms with van der Waals surface area (Å²) in [6, 6.07) is 3.73. The van der Waals surface area contributed by atoms with Crippen molar-refractivity contribution in [3.63, 3.8) is 0 Å². The zero-order valence-electron chi connectivity index (χ0n) is 11.6. The zero-order chi connectivity index (χ0) is 14.5. The Morgan fingerprint density at radius 1 is 1.47 bits per heavy atom. The van der Waals surface area contributed by atoms with E-state index in [0.717, 1.165) is 6.07 Å². The van der Waals surface area contributed by atoms with E-state index < -0.39 is 11.4 Å². The molecule has 108 valence electrons. The van der Waals surface area contributed by atoms with Crippen LogP contribution in [0, 0.1) is 5.82 Å². The largest absolute Gasteiger partial charge is 0.508 e. The van der Waals surface area contributed by atoms with Crippen LogP contribution in [0.25, 0.3) is 0 Å². The van der Waals surface area contributed by atoms with Gasteiger partial charge in [0.25, 0.3) is 0 Å². The van der Waals surface area contributed by atoms with Gasteiger partial charge < -0.3 is 20.3 Å². The van der Waals surface area contributed by atoms with Crippen LogP contribution >= 0.6 is 0 Å². The van der Waals surface area contributed by atoms with E-state index in [1.807, 2.05) is 6.92 Å². The number of aliphatic hydroxyl groups is 1. The van der Waals surface area contributed by atoms with Crippen LogP contribution in [-0.4, -0.2) is 36.1 Å². The molecule has 0 saturated carbocycles. The van der Waals surface area contributed by atoms with Crippen molar-refractivity contribution in [2.24, 2.45) is 0 Å². The average Bonchev–Trinajstić information content (AvgIpc) is 2.34. The van der Waals surface area contributed by atoms with E-state index in [1.54, 1.807) is 14.0 Å². The number of rotatable bonds is 7. The molecule has 0 bridgehead atoms. The number of halogens is 1. The monoisotopic (exact) mass is 271 g/mol. The molecule has 19 heavy (non-hydrogen) atoms. The molecule has 1 aromatic carbocycles. The van der Waals surface area contributed by atoms with Crippen LogP contribution in [0.15, 0.2) is 18.2 Å². The quantitative estimate of drug-likeness (QED) is 0.709. The van der Waals surface area contributed by atoms with Gasteiger partial charge in [-0.15, -0.1) is 0 Å². The molecule has 5 heteroatoms. The molecule has 0 aliphatic heterocycles. The molecule has 0 fully saturated rings. The Kier molecular flexibility index (Phi) is 5.72. The van der Waals surface area contributed by atoms with Crippen molar-refractivity contribution in [3.05, 3.63) is 29.6 Å². The van der Waals surface area contributed by atoms with E-state index in [1.165, 1.54) is 12.1 Å². The Labute approximate surface area is 113 Å². The predicted molar refractivity (Wildman–Crippen MR) is 71.6 cm³/mol. The Morgan fingerprint density at radius 3 is 2.74 bits per heavy atom. The smallest absolute Gasteiger partial charge is 0.126 e. The molecular weight excluding hydrogens is 249 g/mol. The molecule has 0 amide bonds. The molecule has 4 nitrogen and oxygen atoms in total. The summed E-state index contributed by atoms with van der Waals surface area (Å²) >= 11 is 0. The maximum absolute atomic E-state index is 12.9. The minimum absolute atomic E-state index is 0.0865. The molecule has 0 saturated heterocycles. The van der Waals surface area contributed by atoms with Gasteiger partial charge in [-0.1, -0.05) is 6.07 Å². The Balaban J connectivity index is 2.57. The highest BCUT2D eigenvalue weighted by atomic mass is 19.1. The van der Waals surface area contributed by atoms with Crippen molar-refractivity contribution in [2.45, 2.75) is 31.9 Å². The lowest BCUT2D eigenvalue weighted by molar-refractivity contribution is 0.0230. The Bertz CT molecular complexity index is 410. The summed E-state index contributed by atoms with van der Waals surface area (Å²) in [5.41, 5.74) is -0.288. The van der Waals surface area contributed by atoms with Gasteiger partial charge in [-0.3, -0.25) is 0 Å². The maximum Gasteiger partial charge on any atom is 0.126 e. The fourth-order valence-electron chi connectivity index (χ4n) is 1.78. The van der Waals surface area contributed by atoms with E-state index in [0.29, 0.717) is 25.1 Å². The van der Waals surface area contributed by atoms with Crippen molar-refractivity contribution in [3.8, 4) is 5.75 Å². The SMILES string of the molecule is COCCC(C)(O)CNC(C)c1ccc(F)cc1O. The molecular formula is C14H22FNO3. The number of methoxy groups -OCH3 is 1. The van der Waals surface area contributed by atoms with E-state index >= 15 is 0 Å². The van der Waals surface area contributed by atoms with E-state index in [9.17, 15) is 14.6 Å². The van der Waals surface area contributed by atoms with Gasteiger partial charge in [0.15, 0.2) is 0 Å². The molecule has 0 aliphatic rings. The van der Waals surface area contributed by atoms with Gasteiger partial charge in [-0.05, 0) is 19.9 Å². The predicted octanol–water partition coefficient (Wildman–Crippen LogP) is 1.97. The van der Waals surface area contributed by atoms with Gasteiger partial charge in [-0.25, -0.2) is 4.39 Å². The summed E-state index contributed by atoms with van der Waals surface area (Å²) in [5, 5.41) is 22.9. The second kappa shape index (κ2) is 6.84. The first-order valence-corrected chi connectivity index (χ1v) is 6.29. The molecule has 2 unspecified atom stereocenters. The summed E-state index contributed by atoms with van der Waals surface area (Å²) < 4.78 is 17.8. The van der Waals surface area contributed by atoms with Crippen molar-refractivity contribution < 1.29 is 19.3 Å². The van der Waals surface area contributed by atoms with Crippen molar-refractivity contribution in [2.75, 3.05) is 20.3 Å². The van der Waals surface area contributed by atoms with Crippen LogP contribution in [-0.2, 0) is 4.74 Å². The number of hydrogen-bond donors (Lipinski definition) is 3. The van der Waals surface area contributed by atoms with Crippen LogP contribution in [0.4, 0.5) is 4.39 Å². The molecule has 1 aromatic rings. The summed E-state index contributed by atoms with van der Waals surface area (Å²) in [5.74, 6) is -0.558. The summed E-state index contributed by atoms with van der Waals surface area (Å²) in [6.07, 6.45) is 0.513. The van der Waals surface area contributed by atoms with Gasteiger partial charge in [0.05, 0.1) is 5.60 Å². The van der Waals surface area contributed by atoms with Crippen LogP contribution in [0.5, 0.6) is 5.75 Å². The highest BCUT2D eigenvalue weighted by Crippen LogP contribution is 2.25. The number of nitrogens with one attached hydrogen (secondary N) is 1. The fourth-order valence-corrected chi connectivity index (χ4v) is 1.78. The van der Waals surface area contributed by atoms with Gasteiger partial charge >= 0.3 is 0 Å². The minimum atomic E-state index is -0.889. The minimum Gasteiger partial charge on any atom is -0.508 e. The maximum atomic E-state index is 12.9. The molecule has 0 heterocycles. The van der Waals surface area contributed by atoms with Crippen molar-refractivity contribution in [1.82, 2.24) is 5.32 Å². The third-order valence-corrected chi connectivity index (χ3v) is 3.09. The first kappa shape index (κ1) is 15.9. The highest BCUT2D eigenvalue weighted by molar-refractivity contribution is 5.34. The second-order valence-corrected chi connectivity index (χ2v) is 5.05. The van der Waals surface area contributed by atoms with E-state index in [-0.39, 0.29) is 11.8 Å². The molecule has 0 spiro atoms. The number of aromatic hydroxyl groups is 1. The Hall–Kier alpha value is -1.17. The Morgan fingerprint density at radius 2 is 2.16 bits per heavy atom. The molecule has 3 N–H and O–H groups in total.